The third-order valence-electron chi connectivity index (χ3n) is 6.85. The van der Waals surface area contributed by atoms with Crippen molar-refractivity contribution in [2.24, 2.45) is 11.3 Å². The first kappa shape index (κ1) is 22.3. The van der Waals surface area contributed by atoms with Gasteiger partial charge in [-0.3, -0.25) is 9.59 Å². The topological polar surface area (TPSA) is 99.1 Å². The van der Waals surface area contributed by atoms with E-state index in [1.54, 1.807) is 51.2 Å². The van der Waals surface area contributed by atoms with Gasteiger partial charge in [-0.15, -0.1) is 0 Å². The minimum Gasteiger partial charge on any atom is -0.466 e. The van der Waals surface area contributed by atoms with E-state index in [0.717, 1.165) is 0 Å². The van der Waals surface area contributed by atoms with Crippen LogP contribution in [0, 0.1) is 11.3 Å². The zero-order valence-electron chi connectivity index (χ0n) is 18.2. The predicted octanol–water partition coefficient (Wildman–Crippen LogP) is 2.78. The molecule has 1 aliphatic heterocycles. The fourth-order valence-corrected chi connectivity index (χ4v) is 5.28. The van der Waals surface area contributed by atoms with Gasteiger partial charge in [-0.05, 0) is 52.5 Å². The molecule has 2 fully saturated rings. The van der Waals surface area contributed by atoms with Gasteiger partial charge in [0.1, 0.15) is 16.6 Å². The SMILES string of the molecule is COC(=O)/C(C)=C/C=C/[C@@]1(C)OC(=O)[C@]23C=C[C@@](C)(O)CC[C@]2(OC(C)=O)[C@H]1CC3. The molecule has 0 aromatic carbocycles. The summed E-state index contributed by atoms with van der Waals surface area (Å²) in [7, 11) is 1.31. The number of hydrogen-bond acceptors (Lipinski definition) is 7. The first-order chi connectivity index (χ1) is 13.9. The molecule has 1 heterocycles. The van der Waals surface area contributed by atoms with Crippen molar-refractivity contribution in [3.05, 3.63) is 36.0 Å². The zero-order chi connectivity index (χ0) is 22.4. The number of rotatable bonds is 4. The van der Waals surface area contributed by atoms with E-state index < -0.39 is 40.1 Å². The molecule has 7 heteroatoms. The zero-order valence-corrected chi connectivity index (χ0v) is 18.2. The molecule has 30 heavy (non-hydrogen) atoms. The Morgan fingerprint density at radius 3 is 2.53 bits per heavy atom. The van der Waals surface area contributed by atoms with Crippen molar-refractivity contribution < 1.29 is 33.7 Å². The van der Waals surface area contributed by atoms with Crippen molar-refractivity contribution in [1.82, 2.24) is 0 Å². The summed E-state index contributed by atoms with van der Waals surface area (Å²) in [6, 6.07) is 0. The predicted molar refractivity (Wildman–Crippen MR) is 108 cm³/mol. The van der Waals surface area contributed by atoms with E-state index in [0.29, 0.717) is 31.3 Å². The summed E-state index contributed by atoms with van der Waals surface area (Å²) in [6.07, 6.45) is 10.1. The van der Waals surface area contributed by atoms with Gasteiger partial charge in [-0.2, -0.15) is 0 Å². The van der Waals surface area contributed by atoms with Crippen LogP contribution in [0.3, 0.4) is 0 Å². The number of methoxy groups -OCH3 is 1. The number of aliphatic hydroxyl groups is 1. The van der Waals surface area contributed by atoms with E-state index >= 15 is 0 Å². The molecule has 1 saturated heterocycles. The third kappa shape index (κ3) is 3.39. The summed E-state index contributed by atoms with van der Waals surface area (Å²) in [5.41, 5.74) is -3.96. The van der Waals surface area contributed by atoms with Crippen molar-refractivity contribution in [2.75, 3.05) is 7.11 Å². The van der Waals surface area contributed by atoms with Crippen LogP contribution in [0.4, 0.5) is 0 Å². The lowest BCUT2D eigenvalue weighted by Gasteiger charge is -2.53. The summed E-state index contributed by atoms with van der Waals surface area (Å²) in [6.45, 7) is 6.44. The monoisotopic (exact) mass is 418 g/mol. The molecule has 2 bridgehead atoms. The van der Waals surface area contributed by atoms with Crippen LogP contribution in [-0.2, 0) is 28.6 Å². The van der Waals surface area contributed by atoms with Gasteiger partial charge in [-0.1, -0.05) is 24.3 Å². The average Bonchev–Trinajstić information content (AvgIpc) is 2.86. The van der Waals surface area contributed by atoms with Crippen LogP contribution in [0.25, 0.3) is 0 Å². The minimum atomic E-state index is -1.12. The minimum absolute atomic E-state index is 0.298. The maximum absolute atomic E-state index is 13.4. The molecule has 3 aliphatic rings. The van der Waals surface area contributed by atoms with Crippen molar-refractivity contribution >= 4 is 17.9 Å². The summed E-state index contributed by atoms with van der Waals surface area (Å²) in [5, 5.41) is 10.6. The van der Waals surface area contributed by atoms with E-state index in [2.05, 4.69) is 0 Å². The molecule has 0 amide bonds. The van der Waals surface area contributed by atoms with Crippen molar-refractivity contribution in [3.8, 4) is 0 Å². The highest BCUT2D eigenvalue weighted by molar-refractivity contribution is 5.88. The second-order valence-corrected chi connectivity index (χ2v) is 9.01. The molecule has 0 radical (unpaired) electrons. The van der Waals surface area contributed by atoms with Crippen LogP contribution in [0.1, 0.15) is 53.4 Å². The normalized spacial score (nSPS) is 40.5. The lowest BCUT2D eigenvalue weighted by atomic mass is 9.63. The van der Waals surface area contributed by atoms with Gasteiger partial charge in [0.2, 0.25) is 0 Å². The third-order valence-corrected chi connectivity index (χ3v) is 6.85. The Balaban J connectivity index is 2.07. The van der Waals surface area contributed by atoms with Gasteiger partial charge in [0.05, 0.1) is 12.7 Å². The number of hydrogen-bond donors (Lipinski definition) is 1. The first-order valence-electron chi connectivity index (χ1n) is 10.2. The molecule has 0 aromatic heterocycles. The molecule has 0 aromatic rings. The molecule has 1 N–H and O–H groups in total. The van der Waals surface area contributed by atoms with E-state index in [-0.39, 0.29) is 5.92 Å². The van der Waals surface area contributed by atoms with E-state index in [1.165, 1.54) is 14.0 Å². The Kier molecular flexibility index (Phi) is 5.48. The summed E-state index contributed by atoms with van der Waals surface area (Å²) in [4.78, 5) is 37.1. The van der Waals surface area contributed by atoms with E-state index in [1.807, 2.05) is 0 Å². The lowest BCUT2D eigenvalue weighted by Crippen LogP contribution is -2.65. The Labute approximate surface area is 176 Å². The standard InChI is InChI=1S/C23H30O7/c1-15(18(25)28-5)7-6-9-21(4)17-8-10-22(19(26)30-21)13-11-20(3,27)12-14-23(17,22)29-16(2)24/h6-7,9,11,13,17,27H,8,10,12,14H2,1-5H3/b9-6+,15-7+/t17-,20+,21+,22-,23-/m0/s1. The van der Waals surface area contributed by atoms with Crippen LogP contribution in [0.2, 0.25) is 0 Å². The Morgan fingerprint density at radius 1 is 1.20 bits per heavy atom. The van der Waals surface area contributed by atoms with Gasteiger partial charge >= 0.3 is 17.9 Å². The van der Waals surface area contributed by atoms with Crippen LogP contribution in [-0.4, -0.2) is 46.9 Å². The highest BCUT2D eigenvalue weighted by Crippen LogP contribution is 2.64. The fourth-order valence-electron chi connectivity index (χ4n) is 5.28. The van der Waals surface area contributed by atoms with Gasteiger partial charge in [-0.25, -0.2) is 4.79 Å². The number of carbonyl (C=O) groups is 3. The quantitative estimate of drug-likeness (QED) is 0.246. The second kappa shape index (κ2) is 7.38. The molecule has 2 aliphatic carbocycles. The fraction of sp³-hybridized carbons (Fsp3) is 0.609. The smallest absolute Gasteiger partial charge is 0.333 e. The van der Waals surface area contributed by atoms with Crippen LogP contribution >= 0.6 is 0 Å². The molecule has 5 atom stereocenters. The Hall–Kier alpha value is -2.41. The summed E-state index contributed by atoms with van der Waals surface area (Å²) in [5.74, 6) is -1.68. The molecule has 7 nitrogen and oxygen atoms in total. The highest BCUT2D eigenvalue weighted by atomic mass is 16.6. The van der Waals surface area contributed by atoms with Crippen molar-refractivity contribution in [2.45, 2.75) is 70.2 Å². The number of esters is 3. The number of ether oxygens (including phenoxy) is 3. The largest absolute Gasteiger partial charge is 0.466 e. The van der Waals surface area contributed by atoms with Gasteiger partial charge < -0.3 is 19.3 Å². The molecule has 3 rings (SSSR count). The van der Waals surface area contributed by atoms with E-state index in [9.17, 15) is 19.5 Å². The first-order valence-corrected chi connectivity index (χ1v) is 10.2. The molecule has 164 valence electrons. The Morgan fingerprint density at radius 2 is 1.90 bits per heavy atom. The summed E-state index contributed by atoms with van der Waals surface area (Å²) < 4.78 is 16.6. The maximum Gasteiger partial charge on any atom is 0.333 e. The summed E-state index contributed by atoms with van der Waals surface area (Å²) >= 11 is 0. The van der Waals surface area contributed by atoms with Crippen molar-refractivity contribution in [3.63, 3.8) is 0 Å². The number of carbonyl (C=O) groups excluding carboxylic acids is 3. The van der Waals surface area contributed by atoms with Gasteiger partial charge in [0, 0.05) is 18.4 Å². The molecule has 1 saturated carbocycles. The molecule has 0 spiro atoms. The van der Waals surface area contributed by atoms with Gasteiger partial charge in [0.15, 0.2) is 0 Å². The highest BCUT2D eigenvalue weighted by Gasteiger charge is 2.74. The van der Waals surface area contributed by atoms with E-state index in [4.69, 9.17) is 14.2 Å². The van der Waals surface area contributed by atoms with Crippen LogP contribution < -0.4 is 0 Å². The number of cyclic esters (lactones) is 1. The lowest BCUT2D eigenvalue weighted by molar-refractivity contribution is -0.228. The molecular weight excluding hydrogens is 388 g/mol. The number of allylic oxidation sites excluding steroid dienone is 2. The maximum atomic E-state index is 13.4. The molecule has 0 unspecified atom stereocenters. The van der Waals surface area contributed by atoms with Crippen molar-refractivity contribution in [1.29, 1.82) is 0 Å². The van der Waals surface area contributed by atoms with Crippen LogP contribution in [0.5, 0.6) is 0 Å². The van der Waals surface area contributed by atoms with Crippen LogP contribution in [0.15, 0.2) is 36.0 Å². The average molecular weight is 418 g/mol. The Bertz CT molecular complexity index is 852. The van der Waals surface area contributed by atoms with Gasteiger partial charge in [0.25, 0.3) is 0 Å². The second-order valence-electron chi connectivity index (χ2n) is 9.01. The molecular formula is C23H30O7.